The zero-order valence-electron chi connectivity index (χ0n) is 11.3. The molecule has 0 unspecified atom stereocenters. The van der Waals surface area contributed by atoms with E-state index in [4.69, 9.17) is 5.26 Å². The fourth-order valence-corrected chi connectivity index (χ4v) is 3.93. The molecule has 0 amide bonds. The Morgan fingerprint density at radius 3 is 2.75 bits per heavy atom. The Morgan fingerprint density at radius 1 is 1.50 bits per heavy atom. The molecule has 6 nitrogen and oxygen atoms in total. The highest BCUT2D eigenvalue weighted by molar-refractivity contribution is 7.92. The van der Waals surface area contributed by atoms with Crippen molar-refractivity contribution in [1.82, 2.24) is 9.97 Å². The first kappa shape index (κ1) is 14.6. The van der Waals surface area contributed by atoms with Gasteiger partial charge in [-0.05, 0) is 19.4 Å². The average Bonchev–Trinajstić information content (AvgIpc) is 2.96. The highest BCUT2D eigenvalue weighted by Crippen LogP contribution is 2.33. The van der Waals surface area contributed by atoms with Crippen LogP contribution in [0.15, 0.2) is 11.2 Å². The summed E-state index contributed by atoms with van der Waals surface area (Å²) in [5.74, 6) is 0.601. The Hall–Kier alpha value is -1.85. The fraction of sp³-hybridized carbons (Fsp3) is 0.333. The summed E-state index contributed by atoms with van der Waals surface area (Å²) in [4.78, 5) is 7.63. The molecule has 2 aromatic rings. The van der Waals surface area contributed by atoms with Gasteiger partial charge < -0.3 is 4.98 Å². The van der Waals surface area contributed by atoms with Crippen LogP contribution in [0.3, 0.4) is 0 Å². The first-order chi connectivity index (χ1) is 9.39. The van der Waals surface area contributed by atoms with Gasteiger partial charge in [0, 0.05) is 11.3 Å². The lowest BCUT2D eigenvalue weighted by Crippen LogP contribution is -2.13. The van der Waals surface area contributed by atoms with E-state index in [-0.39, 0.29) is 5.03 Å². The van der Waals surface area contributed by atoms with E-state index in [1.54, 1.807) is 6.92 Å². The van der Waals surface area contributed by atoms with E-state index in [0.29, 0.717) is 22.8 Å². The van der Waals surface area contributed by atoms with Crippen molar-refractivity contribution in [3.8, 4) is 6.07 Å². The molecular weight excluding hydrogens is 296 g/mol. The van der Waals surface area contributed by atoms with Crippen molar-refractivity contribution in [3.05, 3.63) is 28.0 Å². The van der Waals surface area contributed by atoms with Gasteiger partial charge in [-0.25, -0.2) is 4.98 Å². The van der Waals surface area contributed by atoms with E-state index >= 15 is 0 Å². The highest BCUT2D eigenvalue weighted by atomic mass is 32.2. The molecule has 0 aromatic carbocycles. The number of hydrogen-bond donors (Lipinski definition) is 2. The van der Waals surface area contributed by atoms with Crippen molar-refractivity contribution in [3.63, 3.8) is 0 Å². The van der Waals surface area contributed by atoms with Crippen LogP contribution < -0.4 is 4.72 Å². The van der Waals surface area contributed by atoms with Crippen molar-refractivity contribution >= 4 is 26.4 Å². The Kier molecular flexibility index (Phi) is 3.83. The molecule has 0 aliphatic heterocycles. The Labute approximate surface area is 121 Å². The number of imidazole rings is 1. The summed E-state index contributed by atoms with van der Waals surface area (Å²) in [5.41, 5.74) is 1.17. The van der Waals surface area contributed by atoms with Crippen LogP contribution in [0.4, 0.5) is 5.00 Å². The van der Waals surface area contributed by atoms with Gasteiger partial charge in [-0.15, -0.1) is 11.3 Å². The number of H-pyrrole nitrogens is 1. The first-order valence-corrected chi connectivity index (χ1v) is 8.25. The highest BCUT2D eigenvalue weighted by Gasteiger charge is 2.21. The van der Waals surface area contributed by atoms with Crippen molar-refractivity contribution < 1.29 is 8.42 Å². The SMILES string of the molecule is CCc1ncc(S(=O)(=O)Nc2sc(C)c(C)c2C#N)[nH]1. The standard InChI is InChI=1S/C12H14N4O2S2/c1-4-10-14-6-11(15-10)20(17,18)16-12-9(5-13)7(2)8(3)19-12/h6,16H,4H2,1-3H3,(H,14,15). The molecule has 0 saturated carbocycles. The van der Waals surface area contributed by atoms with E-state index in [1.165, 1.54) is 17.5 Å². The second kappa shape index (κ2) is 5.26. The molecule has 8 heteroatoms. The van der Waals surface area contributed by atoms with Gasteiger partial charge in [0.05, 0.1) is 11.8 Å². The van der Waals surface area contributed by atoms with Crippen LogP contribution in [-0.2, 0) is 16.4 Å². The topological polar surface area (TPSA) is 98.6 Å². The summed E-state index contributed by atoms with van der Waals surface area (Å²) in [7, 11) is -3.75. The Balaban J connectivity index is 2.38. The number of aromatic nitrogens is 2. The second-order valence-electron chi connectivity index (χ2n) is 4.25. The van der Waals surface area contributed by atoms with Gasteiger partial charge >= 0.3 is 0 Å². The lowest BCUT2D eigenvalue weighted by atomic mass is 10.2. The van der Waals surface area contributed by atoms with E-state index < -0.39 is 10.0 Å². The normalized spacial score (nSPS) is 11.3. The number of nitrogens with zero attached hydrogens (tertiary/aromatic N) is 2. The number of aryl methyl sites for hydroxylation is 2. The number of sulfonamides is 1. The number of nitriles is 1. The van der Waals surface area contributed by atoms with Crippen LogP contribution in [0, 0.1) is 25.2 Å². The van der Waals surface area contributed by atoms with Crippen molar-refractivity contribution in [2.24, 2.45) is 0 Å². The van der Waals surface area contributed by atoms with Crippen LogP contribution in [0.1, 0.15) is 28.8 Å². The van der Waals surface area contributed by atoms with Gasteiger partial charge in [-0.3, -0.25) is 4.72 Å². The molecule has 0 aliphatic carbocycles. The third kappa shape index (κ3) is 2.55. The van der Waals surface area contributed by atoms with Crippen LogP contribution in [0.2, 0.25) is 0 Å². The van der Waals surface area contributed by atoms with E-state index in [2.05, 4.69) is 14.7 Å². The summed E-state index contributed by atoms with van der Waals surface area (Å²) >= 11 is 1.25. The monoisotopic (exact) mass is 310 g/mol. The van der Waals surface area contributed by atoms with Crippen LogP contribution >= 0.6 is 11.3 Å². The molecule has 2 rings (SSSR count). The molecule has 0 atom stereocenters. The van der Waals surface area contributed by atoms with Crippen LogP contribution in [0.5, 0.6) is 0 Å². The van der Waals surface area contributed by atoms with Gasteiger partial charge in [-0.1, -0.05) is 6.92 Å². The summed E-state index contributed by atoms with van der Waals surface area (Å²) in [5, 5.41) is 9.47. The smallest absolute Gasteiger partial charge is 0.279 e. The minimum Gasteiger partial charge on any atom is -0.332 e. The molecule has 2 heterocycles. The number of anilines is 1. The zero-order chi connectivity index (χ0) is 14.9. The molecule has 2 aromatic heterocycles. The number of aromatic amines is 1. The van der Waals surface area contributed by atoms with Crippen molar-refractivity contribution in [2.75, 3.05) is 4.72 Å². The lowest BCUT2D eigenvalue weighted by molar-refractivity contribution is 0.598. The maximum absolute atomic E-state index is 12.2. The minimum absolute atomic E-state index is 0.00180. The molecule has 0 bridgehead atoms. The molecule has 2 N–H and O–H groups in total. The first-order valence-electron chi connectivity index (χ1n) is 5.95. The fourth-order valence-electron chi connectivity index (χ4n) is 1.67. The number of hydrogen-bond acceptors (Lipinski definition) is 5. The molecule has 106 valence electrons. The predicted molar refractivity (Wildman–Crippen MR) is 77.3 cm³/mol. The van der Waals surface area contributed by atoms with E-state index in [9.17, 15) is 8.42 Å². The minimum atomic E-state index is -3.75. The van der Waals surface area contributed by atoms with Gasteiger partial charge in [0.15, 0.2) is 5.03 Å². The molecular formula is C12H14N4O2S2. The predicted octanol–water partition coefficient (Wildman–Crippen LogP) is 2.32. The Morgan fingerprint density at radius 2 is 2.20 bits per heavy atom. The van der Waals surface area contributed by atoms with Gasteiger partial charge in [0.25, 0.3) is 10.0 Å². The summed E-state index contributed by atoms with van der Waals surface area (Å²) in [6.07, 6.45) is 1.90. The zero-order valence-corrected chi connectivity index (χ0v) is 12.9. The largest absolute Gasteiger partial charge is 0.332 e. The van der Waals surface area contributed by atoms with Crippen molar-refractivity contribution in [1.29, 1.82) is 5.26 Å². The summed E-state index contributed by atoms with van der Waals surface area (Å²) in [6.45, 7) is 5.53. The maximum Gasteiger partial charge on any atom is 0.279 e. The number of rotatable bonds is 4. The Bertz CT molecular complexity index is 781. The maximum atomic E-state index is 12.2. The van der Waals surface area contributed by atoms with E-state index in [1.807, 2.05) is 19.9 Å². The van der Waals surface area contributed by atoms with Gasteiger partial charge in [0.1, 0.15) is 16.9 Å². The molecule has 0 spiro atoms. The summed E-state index contributed by atoms with van der Waals surface area (Å²) < 4.78 is 26.9. The van der Waals surface area contributed by atoms with Gasteiger partial charge in [0.2, 0.25) is 0 Å². The molecule has 20 heavy (non-hydrogen) atoms. The van der Waals surface area contributed by atoms with Crippen molar-refractivity contribution in [2.45, 2.75) is 32.2 Å². The number of nitrogens with one attached hydrogen (secondary N) is 2. The van der Waals surface area contributed by atoms with Gasteiger partial charge in [-0.2, -0.15) is 13.7 Å². The summed E-state index contributed by atoms with van der Waals surface area (Å²) in [6, 6.07) is 2.03. The molecule has 0 saturated heterocycles. The second-order valence-corrected chi connectivity index (χ2v) is 7.13. The molecule has 0 radical (unpaired) electrons. The van der Waals surface area contributed by atoms with Crippen LogP contribution in [0.25, 0.3) is 0 Å². The third-order valence-electron chi connectivity index (χ3n) is 2.95. The molecule has 0 aliphatic rings. The van der Waals surface area contributed by atoms with Crippen LogP contribution in [-0.4, -0.2) is 18.4 Å². The average molecular weight is 310 g/mol. The third-order valence-corrected chi connectivity index (χ3v) is 5.46. The number of thiophene rings is 1. The quantitative estimate of drug-likeness (QED) is 0.905. The lowest BCUT2D eigenvalue weighted by Gasteiger charge is -2.04. The molecule has 0 fully saturated rings. The van der Waals surface area contributed by atoms with E-state index in [0.717, 1.165) is 10.4 Å².